The molecule has 1 amide bonds. The van der Waals surface area contributed by atoms with Gasteiger partial charge in [-0.1, -0.05) is 92.0 Å². The molecule has 0 radical (unpaired) electrons. The number of nitrogens with one attached hydrogen (secondary N) is 2. The maximum absolute atomic E-state index is 14.3. The van der Waals surface area contributed by atoms with E-state index < -0.39 is 11.6 Å². The van der Waals surface area contributed by atoms with E-state index in [0.29, 0.717) is 41.8 Å². The fourth-order valence-electron chi connectivity index (χ4n) is 4.82. The molecule has 3 N–H and O–H groups in total. The average molecular weight is 728 g/mol. The van der Waals surface area contributed by atoms with E-state index in [1.165, 1.54) is 0 Å². The summed E-state index contributed by atoms with van der Waals surface area (Å²) >= 11 is 13.4. The Bertz CT molecular complexity index is 1580. The summed E-state index contributed by atoms with van der Waals surface area (Å²) in [6.07, 6.45) is 0.0630. The molecule has 0 saturated heterocycles. The van der Waals surface area contributed by atoms with Gasteiger partial charge in [0, 0.05) is 51.1 Å². The first-order valence-corrected chi connectivity index (χ1v) is 15.7. The van der Waals surface area contributed by atoms with Gasteiger partial charge in [-0.05, 0) is 59.7 Å². The number of hydrogen-bond acceptors (Lipinski definition) is 6. The second-order valence-corrected chi connectivity index (χ2v) is 12.2. The Hall–Kier alpha value is -3.21. The zero-order chi connectivity index (χ0) is 30.2. The van der Waals surface area contributed by atoms with Crippen molar-refractivity contribution in [1.82, 2.24) is 10.9 Å². The van der Waals surface area contributed by atoms with Crippen molar-refractivity contribution in [3.8, 4) is 5.75 Å². The van der Waals surface area contributed by atoms with Crippen LogP contribution in [0, 0.1) is 0 Å². The van der Waals surface area contributed by atoms with E-state index in [1.54, 1.807) is 0 Å². The maximum atomic E-state index is 14.3. The third-order valence-corrected chi connectivity index (χ3v) is 8.79. The number of amides is 1. The molecule has 222 valence electrons. The summed E-state index contributed by atoms with van der Waals surface area (Å²) in [5, 5.41) is 9.69. The van der Waals surface area contributed by atoms with Gasteiger partial charge in [0.2, 0.25) is 5.90 Å². The first-order chi connectivity index (χ1) is 20.9. The van der Waals surface area contributed by atoms with Crippen LogP contribution in [0.3, 0.4) is 0 Å². The lowest BCUT2D eigenvalue weighted by molar-refractivity contribution is -0.130. The molecule has 4 aromatic carbocycles. The van der Waals surface area contributed by atoms with Gasteiger partial charge in [-0.15, -0.1) is 0 Å². The number of carbonyl (C=O) groups is 1. The molecule has 0 bridgehead atoms. The molecule has 1 aliphatic heterocycles. The summed E-state index contributed by atoms with van der Waals surface area (Å²) in [5.41, 5.74) is 8.00. The Balaban J connectivity index is 1.53. The van der Waals surface area contributed by atoms with Crippen molar-refractivity contribution in [1.29, 1.82) is 0 Å². The second kappa shape index (κ2) is 14.5. The Morgan fingerprint density at radius 3 is 2.35 bits per heavy atom. The highest BCUT2D eigenvalue weighted by molar-refractivity contribution is 9.10. The van der Waals surface area contributed by atoms with Gasteiger partial charge in [0.05, 0.1) is 6.61 Å². The zero-order valence-corrected chi connectivity index (χ0v) is 27.0. The summed E-state index contributed by atoms with van der Waals surface area (Å²) in [4.78, 5) is 19.4. The van der Waals surface area contributed by atoms with Gasteiger partial charge in [-0.25, -0.2) is 10.4 Å². The highest BCUT2D eigenvalue weighted by atomic mass is 79.9. The van der Waals surface area contributed by atoms with Crippen LogP contribution < -0.4 is 15.6 Å². The molecule has 0 aromatic heterocycles. The van der Waals surface area contributed by atoms with E-state index in [2.05, 4.69) is 42.7 Å². The lowest BCUT2D eigenvalue weighted by Crippen LogP contribution is -2.53. The molecule has 4 aromatic rings. The number of aliphatic hydroxyl groups excluding tert-OH is 1. The van der Waals surface area contributed by atoms with Crippen molar-refractivity contribution in [2.24, 2.45) is 4.99 Å². The van der Waals surface area contributed by atoms with Gasteiger partial charge in [0.15, 0.2) is 11.6 Å². The van der Waals surface area contributed by atoms with E-state index in [-0.39, 0.29) is 18.9 Å². The number of aliphatic hydroxyl groups is 1. The van der Waals surface area contributed by atoms with E-state index >= 15 is 0 Å². The number of rotatable bonds is 12. The third-order valence-electron chi connectivity index (χ3n) is 7.04. The molecule has 0 fully saturated rings. The lowest BCUT2D eigenvalue weighted by atomic mass is 9.82. The van der Waals surface area contributed by atoms with Crippen LogP contribution in [0.25, 0.3) is 0 Å². The zero-order valence-electron chi connectivity index (χ0n) is 23.1. The molecule has 43 heavy (non-hydrogen) atoms. The predicted molar refractivity (Wildman–Crippen MR) is 175 cm³/mol. The quantitative estimate of drug-likeness (QED) is 0.109. The average Bonchev–Trinajstić information content (AvgIpc) is 3.40. The second-order valence-electron chi connectivity index (χ2n) is 10.0. The van der Waals surface area contributed by atoms with Crippen LogP contribution >= 0.6 is 43.5 Å². The number of hydrogen-bond donors (Lipinski definition) is 3. The molecule has 0 aliphatic carbocycles. The van der Waals surface area contributed by atoms with Gasteiger partial charge in [-0.3, -0.25) is 10.2 Å². The SMILES string of the molecule is O=C(NNCc1ccc(Cl)cc1)[C@@]1(Cc2ccccc2Br)N=C(c2ccc(OCCCO)cc2)O[C@H]1c1ccccc1Br. The summed E-state index contributed by atoms with van der Waals surface area (Å²) in [6, 6.07) is 30.3. The smallest absolute Gasteiger partial charge is 0.266 e. The predicted octanol–water partition coefficient (Wildman–Crippen LogP) is 6.95. The molecule has 7 nitrogen and oxygen atoms in total. The van der Waals surface area contributed by atoms with E-state index in [4.69, 9.17) is 31.2 Å². The summed E-state index contributed by atoms with van der Waals surface area (Å²) in [5.74, 6) is 0.682. The minimum atomic E-state index is -1.37. The Morgan fingerprint density at radius 1 is 0.953 bits per heavy atom. The minimum absolute atomic E-state index is 0.0649. The van der Waals surface area contributed by atoms with Crippen LogP contribution in [-0.2, 0) is 22.5 Å². The number of halogens is 3. The van der Waals surface area contributed by atoms with Gasteiger partial charge in [0.25, 0.3) is 5.91 Å². The van der Waals surface area contributed by atoms with Gasteiger partial charge >= 0.3 is 0 Å². The van der Waals surface area contributed by atoms with Crippen LogP contribution in [-0.4, -0.2) is 35.7 Å². The Morgan fingerprint density at radius 2 is 1.65 bits per heavy atom. The lowest BCUT2D eigenvalue weighted by Gasteiger charge is -2.31. The molecule has 0 unspecified atom stereocenters. The van der Waals surface area contributed by atoms with Crippen molar-refractivity contribution in [3.05, 3.63) is 133 Å². The van der Waals surface area contributed by atoms with Crippen molar-refractivity contribution >= 4 is 55.3 Å². The van der Waals surface area contributed by atoms with Crippen molar-refractivity contribution in [2.45, 2.75) is 31.0 Å². The normalized spacial score (nSPS) is 17.7. The van der Waals surface area contributed by atoms with Crippen LogP contribution in [0.5, 0.6) is 5.75 Å². The molecule has 10 heteroatoms. The molecule has 0 saturated carbocycles. The molecular formula is C33H30Br2ClN3O4. The van der Waals surface area contributed by atoms with Gasteiger partial charge in [-0.2, -0.15) is 0 Å². The first-order valence-electron chi connectivity index (χ1n) is 13.8. The summed E-state index contributed by atoms with van der Waals surface area (Å²) in [7, 11) is 0. The van der Waals surface area contributed by atoms with Crippen molar-refractivity contribution in [2.75, 3.05) is 13.2 Å². The largest absolute Gasteiger partial charge is 0.494 e. The van der Waals surface area contributed by atoms with E-state index in [0.717, 1.165) is 25.6 Å². The monoisotopic (exact) mass is 725 g/mol. The number of ether oxygens (including phenoxy) is 2. The molecule has 1 heterocycles. The van der Waals surface area contributed by atoms with Crippen LogP contribution in [0.2, 0.25) is 5.02 Å². The highest BCUT2D eigenvalue weighted by Gasteiger charge is 2.54. The highest BCUT2D eigenvalue weighted by Crippen LogP contribution is 2.45. The van der Waals surface area contributed by atoms with Crippen molar-refractivity contribution < 1.29 is 19.4 Å². The van der Waals surface area contributed by atoms with Crippen LogP contribution in [0.15, 0.2) is 111 Å². The topological polar surface area (TPSA) is 92.2 Å². The number of hydrazine groups is 1. The Kier molecular flexibility index (Phi) is 10.5. The molecule has 2 atom stereocenters. The third kappa shape index (κ3) is 7.48. The first kappa shape index (κ1) is 31.2. The number of carbonyl (C=O) groups excluding carboxylic acids is 1. The molecule has 5 rings (SSSR count). The Labute approximate surface area is 272 Å². The van der Waals surface area contributed by atoms with Crippen molar-refractivity contribution in [3.63, 3.8) is 0 Å². The van der Waals surface area contributed by atoms with E-state index in [1.807, 2.05) is 97.1 Å². The fraction of sp³-hybridized carbons (Fsp3) is 0.212. The van der Waals surface area contributed by atoms with Gasteiger partial charge < -0.3 is 14.6 Å². The summed E-state index contributed by atoms with van der Waals surface area (Å²) in [6.45, 7) is 0.869. The number of nitrogens with zero attached hydrogens (tertiary/aromatic N) is 1. The van der Waals surface area contributed by atoms with E-state index in [9.17, 15) is 4.79 Å². The summed E-state index contributed by atoms with van der Waals surface area (Å²) < 4.78 is 14.0. The molecule has 1 aliphatic rings. The van der Waals surface area contributed by atoms with Crippen LogP contribution in [0.4, 0.5) is 0 Å². The standard InChI is InChI=1S/C33H30Br2ClN3O4/c34-28-8-3-1-6-24(28)20-33(32(41)39-37-21-22-10-14-25(36)15-11-22)30(27-7-2-4-9-29(27)35)43-31(38-33)23-12-16-26(17-13-23)42-19-5-18-40/h1-4,6-17,30,37,40H,5,18-21H2,(H,39,41)/t30-,33-/m0/s1. The molecular weight excluding hydrogens is 698 g/mol. The molecule has 0 spiro atoms. The van der Waals surface area contributed by atoms with Crippen LogP contribution in [0.1, 0.15) is 34.8 Å². The number of benzene rings is 4. The fourth-order valence-corrected chi connectivity index (χ4v) is 5.86. The van der Waals surface area contributed by atoms with Gasteiger partial charge in [0.1, 0.15) is 5.75 Å². The number of aliphatic imine (C=N–C) groups is 1. The minimum Gasteiger partial charge on any atom is -0.494 e. The maximum Gasteiger partial charge on any atom is 0.266 e.